The van der Waals surface area contributed by atoms with E-state index in [4.69, 9.17) is 22.1 Å². The van der Waals surface area contributed by atoms with Crippen molar-refractivity contribution < 1.29 is 9.53 Å². The maximum Gasteiger partial charge on any atom is 0.277 e. The number of ether oxygens (including phenoxy) is 1. The molecule has 4 aromatic rings. The Balaban J connectivity index is 1.80. The zero-order chi connectivity index (χ0) is 24.4. The van der Waals surface area contributed by atoms with Gasteiger partial charge in [0.25, 0.3) is 5.56 Å². The highest BCUT2D eigenvalue weighted by atomic mass is 35.5. The van der Waals surface area contributed by atoms with Gasteiger partial charge in [-0.3, -0.25) is 14.7 Å². The van der Waals surface area contributed by atoms with Crippen molar-refractivity contribution in [2.75, 3.05) is 7.11 Å². The average Bonchev–Trinajstić information content (AvgIpc) is 3.43. The molecule has 0 spiro atoms. The van der Waals surface area contributed by atoms with Crippen LogP contribution in [0, 0.1) is 24.2 Å². The van der Waals surface area contributed by atoms with Crippen LogP contribution < -0.4 is 16.0 Å². The number of nitriles is 1. The summed E-state index contributed by atoms with van der Waals surface area (Å²) in [6.07, 6.45) is 1.68. The number of aromatic amines is 1. The molecule has 2 heterocycles. The van der Waals surface area contributed by atoms with Crippen molar-refractivity contribution in [2.24, 2.45) is 11.7 Å². The van der Waals surface area contributed by atoms with Crippen molar-refractivity contribution in [1.29, 1.82) is 5.26 Å². The Labute approximate surface area is 204 Å². The van der Waals surface area contributed by atoms with Gasteiger partial charge in [-0.2, -0.15) is 9.94 Å². The number of amides is 1. The topological polar surface area (TPSA) is 127 Å². The molecule has 0 saturated heterocycles. The molecule has 4 rings (SSSR count). The number of methoxy groups -OCH3 is 1. The molecule has 2 aromatic carbocycles. The van der Waals surface area contributed by atoms with Crippen molar-refractivity contribution in [1.82, 2.24) is 14.8 Å². The Morgan fingerprint density at radius 2 is 1.91 bits per heavy atom. The summed E-state index contributed by atoms with van der Waals surface area (Å²) in [5.41, 5.74) is 7.42. The summed E-state index contributed by atoms with van der Waals surface area (Å²) in [5, 5.41) is 13.7. The molecule has 2 aromatic heterocycles. The molecular weight excluding hydrogens is 474 g/mol. The predicted octanol–water partition coefficient (Wildman–Crippen LogP) is 4.02. The summed E-state index contributed by atoms with van der Waals surface area (Å²) in [7, 11) is 1.60. The quantitative estimate of drug-likeness (QED) is 0.402. The molecule has 2 atom stereocenters. The number of H-pyrrole nitrogens is 1. The van der Waals surface area contributed by atoms with E-state index >= 15 is 0 Å². The summed E-state index contributed by atoms with van der Waals surface area (Å²) >= 11 is 7.34. The van der Waals surface area contributed by atoms with Gasteiger partial charge in [0, 0.05) is 28.4 Å². The number of primary amides is 1. The van der Waals surface area contributed by atoms with Gasteiger partial charge in [0.1, 0.15) is 11.7 Å². The Bertz CT molecular complexity index is 1430. The number of carbonyl (C=O) groups excluding carboxylic acids is 1. The molecule has 3 N–H and O–H groups in total. The molecule has 34 heavy (non-hydrogen) atoms. The van der Waals surface area contributed by atoms with E-state index in [0.29, 0.717) is 21.4 Å². The lowest BCUT2D eigenvalue weighted by Gasteiger charge is -2.19. The number of carbonyl (C=O) groups is 1. The van der Waals surface area contributed by atoms with Gasteiger partial charge in [0.05, 0.1) is 18.1 Å². The lowest BCUT2D eigenvalue weighted by Crippen LogP contribution is -2.31. The van der Waals surface area contributed by atoms with Gasteiger partial charge < -0.3 is 10.5 Å². The highest BCUT2D eigenvalue weighted by molar-refractivity contribution is 7.17. The summed E-state index contributed by atoms with van der Waals surface area (Å²) in [4.78, 5) is 30.9. The van der Waals surface area contributed by atoms with Gasteiger partial charge in [-0.25, -0.2) is 4.98 Å². The summed E-state index contributed by atoms with van der Waals surface area (Å²) < 4.78 is 6.52. The minimum absolute atomic E-state index is 0.272. The minimum Gasteiger partial charge on any atom is -0.497 e. The highest BCUT2D eigenvalue weighted by Gasteiger charge is 2.34. The molecule has 1 amide bonds. The molecule has 0 saturated carbocycles. The molecule has 8 nitrogen and oxygen atoms in total. The second kappa shape index (κ2) is 9.55. The smallest absolute Gasteiger partial charge is 0.277 e. The van der Waals surface area contributed by atoms with Crippen LogP contribution in [0.4, 0.5) is 0 Å². The maximum atomic E-state index is 13.5. The maximum absolute atomic E-state index is 13.5. The largest absolute Gasteiger partial charge is 0.497 e. The van der Waals surface area contributed by atoms with Gasteiger partial charge in [-0.1, -0.05) is 35.1 Å². The first-order valence-electron chi connectivity index (χ1n) is 10.2. The van der Waals surface area contributed by atoms with Crippen molar-refractivity contribution >= 4 is 28.8 Å². The number of aromatic nitrogens is 3. The van der Waals surface area contributed by atoms with Crippen molar-refractivity contribution in [3.63, 3.8) is 0 Å². The van der Waals surface area contributed by atoms with Crippen LogP contribution in [0.3, 0.4) is 0 Å². The van der Waals surface area contributed by atoms with E-state index in [1.165, 1.54) is 16.0 Å². The fourth-order valence-corrected chi connectivity index (χ4v) is 4.82. The number of nitrogens with two attached hydrogens (primary N) is 1. The van der Waals surface area contributed by atoms with Gasteiger partial charge >= 0.3 is 0 Å². The number of aryl methyl sites for hydroxylation is 1. The summed E-state index contributed by atoms with van der Waals surface area (Å²) in [6.45, 7) is 1.71. The van der Waals surface area contributed by atoms with Crippen LogP contribution >= 0.6 is 22.9 Å². The minimum atomic E-state index is -1.25. The number of thiazole rings is 1. The molecule has 0 bridgehead atoms. The van der Waals surface area contributed by atoms with Crippen LogP contribution in [0.1, 0.15) is 22.7 Å². The van der Waals surface area contributed by atoms with E-state index < -0.39 is 23.3 Å². The number of nitrogens with zero attached hydrogens (tertiary/aromatic N) is 3. The lowest BCUT2D eigenvalue weighted by atomic mass is 9.81. The first-order chi connectivity index (χ1) is 16.3. The third-order valence-corrected chi connectivity index (χ3v) is 6.78. The average molecular weight is 494 g/mol. The first kappa shape index (κ1) is 23.3. The Kier molecular flexibility index (Phi) is 6.54. The van der Waals surface area contributed by atoms with Crippen LogP contribution in [0.2, 0.25) is 5.02 Å². The van der Waals surface area contributed by atoms with E-state index in [0.717, 1.165) is 16.2 Å². The zero-order valence-corrected chi connectivity index (χ0v) is 19.9. The van der Waals surface area contributed by atoms with E-state index in [2.05, 4.69) is 10.1 Å². The van der Waals surface area contributed by atoms with Crippen LogP contribution in [-0.2, 0) is 4.79 Å². The van der Waals surface area contributed by atoms with Gasteiger partial charge in [0.15, 0.2) is 0 Å². The first-order valence-corrected chi connectivity index (χ1v) is 11.4. The van der Waals surface area contributed by atoms with Crippen LogP contribution in [0.5, 0.6) is 5.75 Å². The number of hydrogen-bond donors (Lipinski definition) is 2. The third kappa shape index (κ3) is 4.33. The van der Waals surface area contributed by atoms with E-state index in [-0.39, 0.29) is 5.56 Å². The number of rotatable bonds is 7. The molecule has 10 heteroatoms. The fourth-order valence-electron chi connectivity index (χ4n) is 3.82. The Morgan fingerprint density at radius 3 is 2.50 bits per heavy atom. The zero-order valence-electron chi connectivity index (χ0n) is 18.3. The van der Waals surface area contributed by atoms with E-state index in [1.54, 1.807) is 44.5 Å². The van der Waals surface area contributed by atoms with Crippen LogP contribution in [-0.4, -0.2) is 27.8 Å². The van der Waals surface area contributed by atoms with Crippen molar-refractivity contribution in [3.05, 3.63) is 86.9 Å². The Morgan fingerprint density at radius 1 is 1.24 bits per heavy atom. The Hall–Kier alpha value is -3.87. The SMILES string of the molecule is COc1ccc(-c2cnc(-n3[nH]c(C)c(C(c4ccc(Cl)cc4)C(C#N)C(N)=O)c3=O)s2)cc1. The monoisotopic (exact) mass is 493 g/mol. The summed E-state index contributed by atoms with van der Waals surface area (Å²) in [6, 6.07) is 16.1. The van der Waals surface area contributed by atoms with Crippen LogP contribution in [0.15, 0.2) is 59.5 Å². The molecule has 172 valence electrons. The van der Waals surface area contributed by atoms with Crippen molar-refractivity contribution in [2.45, 2.75) is 12.8 Å². The van der Waals surface area contributed by atoms with Gasteiger partial charge in [-0.15, -0.1) is 0 Å². The van der Waals surface area contributed by atoms with E-state index in [1.807, 2.05) is 30.3 Å². The number of halogens is 1. The molecule has 0 fully saturated rings. The number of nitrogens with one attached hydrogen (secondary N) is 1. The molecule has 2 unspecified atom stereocenters. The number of benzene rings is 2. The van der Waals surface area contributed by atoms with E-state index in [9.17, 15) is 14.9 Å². The number of hydrogen-bond acceptors (Lipinski definition) is 6. The second-order valence-electron chi connectivity index (χ2n) is 7.56. The second-order valence-corrected chi connectivity index (χ2v) is 9.01. The molecule has 0 radical (unpaired) electrons. The van der Waals surface area contributed by atoms with Crippen molar-refractivity contribution in [3.8, 4) is 27.4 Å². The lowest BCUT2D eigenvalue weighted by molar-refractivity contribution is -0.120. The van der Waals surface area contributed by atoms with Crippen LogP contribution in [0.25, 0.3) is 15.6 Å². The predicted molar refractivity (Wildman–Crippen MR) is 130 cm³/mol. The normalized spacial score (nSPS) is 12.6. The molecule has 0 aliphatic rings. The highest BCUT2D eigenvalue weighted by Crippen LogP contribution is 2.34. The van der Waals surface area contributed by atoms with Gasteiger partial charge in [0.2, 0.25) is 11.0 Å². The molecule has 0 aliphatic carbocycles. The molecular formula is C24H20ClN5O3S. The standard InChI is InChI=1S/C24H20ClN5O3S/c1-13-20(21(18(11-26)22(27)31)15-3-7-16(25)8-4-15)23(32)30(29-13)24-28-12-19(34-24)14-5-9-17(33-2)10-6-14/h3-10,12,18,21,29H,1-2H3,(H2,27,31). The molecule has 0 aliphatic heterocycles. The third-order valence-electron chi connectivity index (χ3n) is 5.50. The summed E-state index contributed by atoms with van der Waals surface area (Å²) in [5.74, 6) is -2.19. The fraction of sp³-hybridized carbons (Fsp3) is 0.167. The van der Waals surface area contributed by atoms with Gasteiger partial charge in [-0.05, 0) is 54.4 Å².